The summed E-state index contributed by atoms with van der Waals surface area (Å²) in [6.45, 7) is 7.69. The summed E-state index contributed by atoms with van der Waals surface area (Å²) >= 11 is 0. The van der Waals surface area contributed by atoms with Gasteiger partial charge in [-0.2, -0.15) is 0 Å². The van der Waals surface area contributed by atoms with Crippen molar-refractivity contribution in [1.82, 2.24) is 5.32 Å². The van der Waals surface area contributed by atoms with Crippen LogP contribution in [0.2, 0.25) is 0 Å². The molecular weight excluding hydrogens is 210 g/mol. The highest BCUT2D eigenvalue weighted by Gasteiger charge is 2.40. The van der Waals surface area contributed by atoms with Crippen molar-refractivity contribution in [3.63, 3.8) is 0 Å². The van der Waals surface area contributed by atoms with Crippen LogP contribution in [-0.4, -0.2) is 25.8 Å². The Morgan fingerprint density at radius 1 is 1.12 bits per heavy atom. The zero-order valence-corrected chi connectivity index (χ0v) is 11.6. The molecule has 2 heteroatoms. The Bertz CT molecular complexity index is 215. The molecule has 1 N–H and O–H groups in total. The molecule has 2 aliphatic rings. The van der Waals surface area contributed by atoms with E-state index >= 15 is 0 Å². The second kappa shape index (κ2) is 6.19. The Hall–Kier alpha value is -0.0800. The predicted octanol–water partition coefficient (Wildman–Crippen LogP) is 3.36. The third kappa shape index (κ3) is 3.45. The number of hydrogen-bond acceptors (Lipinski definition) is 2. The zero-order chi connectivity index (χ0) is 12.1. The van der Waals surface area contributed by atoms with E-state index in [0.29, 0.717) is 11.5 Å². The SMILES string of the molecule is CC(C)NCC1(C2CCCCC2)CCOCC1. The first-order chi connectivity index (χ1) is 8.23. The lowest BCUT2D eigenvalue weighted by molar-refractivity contribution is -0.0288. The Morgan fingerprint density at radius 3 is 2.35 bits per heavy atom. The Balaban J connectivity index is 1.99. The van der Waals surface area contributed by atoms with E-state index in [-0.39, 0.29) is 0 Å². The lowest BCUT2D eigenvalue weighted by atomic mass is 9.64. The molecule has 1 heterocycles. The molecule has 0 atom stereocenters. The maximum atomic E-state index is 5.59. The number of rotatable bonds is 4. The van der Waals surface area contributed by atoms with Crippen LogP contribution >= 0.6 is 0 Å². The normalized spacial score (nSPS) is 26.3. The number of nitrogens with one attached hydrogen (secondary N) is 1. The molecule has 0 aromatic heterocycles. The van der Waals surface area contributed by atoms with Gasteiger partial charge in [0.15, 0.2) is 0 Å². The molecule has 1 aliphatic heterocycles. The van der Waals surface area contributed by atoms with E-state index in [4.69, 9.17) is 4.74 Å². The summed E-state index contributed by atoms with van der Waals surface area (Å²) in [7, 11) is 0. The molecule has 1 saturated carbocycles. The Labute approximate surface area is 107 Å². The predicted molar refractivity (Wildman–Crippen MR) is 72.2 cm³/mol. The fourth-order valence-corrected chi connectivity index (χ4v) is 3.63. The van der Waals surface area contributed by atoms with E-state index in [2.05, 4.69) is 19.2 Å². The average Bonchev–Trinajstić information content (AvgIpc) is 2.39. The van der Waals surface area contributed by atoms with E-state index < -0.39 is 0 Å². The van der Waals surface area contributed by atoms with Gasteiger partial charge in [0.2, 0.25) is 0 Å². The lowest BCUT2D eigenvalue weighted by Crippen LogP contribution is -2.46. The van der Waals surface area contributed by atoms with E-state index in [1.165, 1.54) is 51.5 Å². The molecular formula is C15H29NO. The van der Waals surface area contributed by atoms with Gasteiger partial charge in [0.05, 0.1) is 0 Å². The summed E-state index contributed by atoms with van der Waals surface area (Å²) in [5.74, 6) is 0.950. The first-order valence-electron chi connectivity index (χ1n) is 7.54. The second-order valence-electron chi connectivity index (χ2n) is 6.35. The summed E-state index contributed by atoms with van der Waals surface area (Å²) in [5.41, 5.74) is 0.545. The van der Waals surface area contributed by atoms with Gasteiger partial charge in [-0.3, -0.25) is 0 Å². The van der Waals surface area contributed by atoms with Crippen molar-refractivity contribution in [3.8, 4) is 0 Å². The van der Waals surface area contributed by atoms with Crippen molar-refractivity contribution in [2.75, 3.05) is 19.8 Å². The fraction of sp³-hybridized carbons (Fsp3) is 1.00. The minimum absolute atomic E-state index is 0.545. The van der Waals surface area contributed by atoms with Crippen molar-refractivity contribution in [1.29, 1.82) is 0 Å². The molecule has 2 nitrogen and oxygen atoms in total. The maximum Gasteiger partial charge on any atom is 0.0471 e. The molecule has 1 saturated heterocycles. The first kappa shape index (κ1) is 13.4. The lowest BCUT2D eigenvalue weighted by Gasteiger charge is -2.46. The molecule has 17 heavy (non-hydrogen) atoms. The molecule has 0 aromatic rings. The minimum atomic E-state index is 0.545. The van der Waals surface area contributed by atoms with Crippen LogP contribution < -0.4 is 5.32 Å². The number of ether oxygens (including phenoxy) is 1. The molecule has 0 amide bonds. The van der Waals surface area contributed by atoms with Crippen LogP contribution in [0.5, 0.6) is 0 Å². The average molecular weight is 239 g/mol. The molecule has 0 bridgehead atoms. The third-order valence-electron chi connectivity index (χ3n) is 4.82. The van der Waals surface area contributed by atoms with Crippen LogP contribution in [0.1, 0.15) is 58.8 Å². The van der Waals surface area contributed by atoms with E-state index in [1.807, 2.05) is 0 Å². The summed E-state index contributed by atoms with van der Waals surface area (Å²) in [5, 5.41) is 3.70. The largest absolute Gasteiger partial charge is 0.381 e. The molecule has 0 radical (unpaired) electrons. The maximum absolute atomic E-state index is 5.59. The molecule has 100 valence electrons. The first-order valence-corrected chi connectivity index (χ1v) is 7.54. The molecule has 2 rings (SSSR count). The second-order valence-corrected chi connectivity index (χ2v) is 6.35. The summed E-state index contributed by atoms with van der Waals surface area (Å²) < 4.78 is 5.59. The van der Waals surface area contributed by atoms with Gasteiger partial charge in [-0.25, -0.2) is 0 Å². The zero-order valence-electron chi connectivity index (χ0n) is 11.6. The molecule has 1 aliphatic carbocycles. The van der Waals surface area contributed by atoms with Gasteiger partial charge in [0.1, 0.15) is 0 Å². The van der Waals surface area contributed by atoms with Gasteiger partial charge in [-0.15, -0.1) is 0 Å². The molecule has 0 spiro atoms. The van der Waals surface area contributed by atoms with Crippen LogP contribution in [0.3, 0.4) is 0 Å². The van der Waals surface area contributed by atoms with Gasteiger partial charge in [-0.05, 0) is 37.0 Å². The highest BCUT2D eigenvalue weighted by Crippen LogP contribution is 2.45. The standard InChI is InChI=1S/C15H29NO/c1-13(2)16-12-15(8-10-17-11-9-15)14-6-4-3-5-7-14/h13-14,16H,3-12H2,1-2H3. The van der Waals surface area contributed by atoms with Crippen molar-refractivity contribution in [3.05, 3.63) is 0 Å². The van der Waals surface area contributed by atoms with Gasteiger partial charge in [0, 0.05) is 25.8 Å². The molecule has 0 unspecified atom stereocenters. The monoisotopic (exact) mass is 239 g/mol. The number of hydrogen-bond donors (Lipinski definition) is 1. The van der Waals surface area contributed by atoms with Crippen LogP contribution in [0, 0.1) is 11.3 Å². The van der Waals surface area contributed by atoms with Crippen molar-refractivity contribution >= 4 is 0 Å². The van der Waals surface area contributed by atoms with Crippen LogP contribution in [0.25, 0.3) is 0 Å². The van der Waals surface area contributed by atoms with Crippen molar-refractivity contribution in [2.45, 2.75) is 64.8 Å². The van der Waals surface area contributed by atoms with Gasteiger partial charge >= 0.3 is 0 Å². The van der Waals surface area contributed by atoms with Gasteiger partial charge in [0.25, 0.3) is 0 Å². The topological polar surface area (TPSA) is 21.3 Å². The highest BCUT2D eigenvalue weighted by atomic mass is 16.5. The van der Waals surface area contributed by atoms with Gasteiger partial charge in [-0.1, -0.05) is 33.1 Å². The smallest absolute Gasteiger partial charge is 0.0471 e. The quantitative estimate of drug-likeness (QED) is 0.812. The summed E-state index contributed by atoms with van der Waals surface area (Å²) in [6, 6.07) is 0.610. The van der Waals surface area contributed by atoms with Crippen molar-refractivity contribution < 1.29 is 4.74 Å². The highest BCUT2D eigenvalue weighted by molar-refractivity contribution is 4.91. The van der Waals surface area contributed by atoms with Crippen LogP contribution in [0.4, 0.5) is 0 Å². The summed E-state index contributed by atoms with van der Waals surface area (Å²) in [6.07, 6.45) is 9.83. The van der Waals surface area contributed by atoms with Crippen LogP contribution in [-0.2, 0) is 4.74 Å². The molecule has 2 fully saturated rings. The third-order valence-corrected chi connectivity index (χ3v) is 4.82. The van der Waals surface area contributed by atoms with E-state index in [0.717, 1.165) is 19.1 Å². The van der Waals surface area contributed by atoms with Crippen LogP contribution in [0.15, 0.2) is 0 Å². The Kier molecular flexibility index (Phi) is 4.87. The van der Waals surface area contributed by atoms with E-state index in [9.17, 15) is 0 Å². The minimum Gasteiger partial charge on any atom is -0.381 e. The molecule has 0 aromatic carbocycles. The fourth-order valence-electron chi connectivity index (χ4n) is 3.63. The van der Waals surface area contributed by atoms with E-state index in [1.54, 1.807) is 0 Å². The Morgan fingerprint density at radius 2 is 1.76 bits per heavy atom. The summed E-state index contributed by atoms with van der Waals surface area (Å²) in [4.78, 5) is 0. The van der Waals surface area contributed by atoms with Crippen molar-refractivity contribution in [2.24, 2.45) is 11.3 Å². The van der Waals surface area contributed by atoms with Gasteiger partial charge < -0.3 is 10.1 Å².